The first-order chi connectivity index (χ1) is 17.9. The smallest absolute Gasteiger partial charge is 0.301 e. The molecule has 0 radical (unpaired) electrons. The van der Waals surface area contributed by atoms with E-state index in [4.69, 9.17) is 0 Å². The van der Waals surface area contributed by atoms with Gasteiger partial charge in [0.2, 0.25) is 15.8 Å². The zero-order valence-electron chi connectivity index (χ0n) is 21.7. The summed E-state index contributed by atoms with van der Waals surface area (Å²) >= 11 is 0. The molecule has 0 spiro atoms. The molecule has 2 N–H and O–H groups in total. The van der Waals surface area contributed by atoms with Crippen molar-refractivity contribution < 1.29 is 22.7 Å². The van der Waals surface area contributed by atoms with Crippen LogP contribution in [-0.4, -0.2) is 79.2 Å². The van der Waals surface area contributed by atoms with Crippen molar-refractivity contribution in [3.05, 3.63) is 64.0 Å². The summed E-state index contributed by atoms with van der Waals surface area (Å²) in [4.78, 5) is 34.7. The van der Waals surface area contributed by atoms with E-state index in [0.717, 1.165) is 28.1 Å². The molecule has 38 heavy (non-hydrogen) atoms. The lowest BCUT2D eigenvalue weighted by Crippen LogP contribution is -2.49. The van der Waals surface area contributed by atoms with Gasteiger partial charge >= 0.3 is 5.56 Å². The molecule has 11 nitrogen and oxygen atoms in total. The monoisotopic (exact) mass is 546 g/mol. The molecule has 13 heteroatoms. The van der Waals surface area contributed by atoms with Gasteiger partial charge in [-0.25, -0.2) is 17.8 Å². The van der Waals surface area contributed by atoms with Gasteiger partial charge in [-0.2, -0.15) is 0 Å². The number of hydrogen-bond acceptors (Lipinski definition) is 8. The minimum atomic E-state index is -3.76. The predicted molar refractivity (Wildman–Crippen MR) is 143 cm³/mol. The molecule has 0 unspecified atom stereocenters. The van der Waals surface area contributed by atoms with Gasteiger partial charge in [0.25, 0.3) is 5.91 Å². The average molecular weight is 547 g/mol. The molecule has 1 aliphatic heterocycles. The van der Waals surface area contributed by atoms with E-state index in [9.17, 15) is 27.5 Å². The molecule has 1 aliphatic rings. The number of anilines is 2. The Morgan fingerprint density at radius 3 is 2.39 bits per heavy atom. The van der Waals surface area contributed by atoms with E-state index in [1.54, 1.807) is 6.07 Å². The Hall–Kier alpha value is -3.71. The number of benzene rings is 1. The number of halogens is 1. The third-order valence-electron chi connectivity index (χ3n) is 6.69. The van der Waals surface area contributed by atoms with Crippen LogP contribution in [0.4, 0.5) is 15.8 Å². The van der Waals surface area contributed by atoms with Crippen molar-refractivity contribution in [2.24, 2.45) is 0 Å². The van der Waals surface area contributed by atoms with Gasteiger partial charge in [-0.1, -0.05) is 12.1 Å². The fraction of sp³-hybridized carbons (Fsp3) is 0.400. The number of sulfonamides is 1. The quantitative estimate of drug-likeness (QED) is 0.455. The highest BCUT2D eigenvalue weighted by Crippen LogP contribution is 2.29. The SMILES string of the molecule is CC(C)N1CCN(c2cc(N(C)S(C)(=O)=O)c3nc(C(=O)NCc4ccc(F)cc4)c(O)c(=O)n3c2)CC1. The third-order valence-corrected chi connectivity index (χ3v) is 7.89. The van der Waals surface area contributed by atoms with E-state index in [0.29, 0.717) is 30.4 Å². The van der Waals surface area contributed by atoms with Crippen LogP contribution in [0.1, 0.15) is 29.9 Å². The zero-order chi connectivity index (χ0) is 27.8. The molecule has 204 valence electrons. The second kappa shape index (κ2) is 10.6. The maximum Gasteiger partial charge on any atom is 0.301 e. The zero-order valence-corrected chi connectivity index (χ0v) is 22.5. The Labute approximate surface area is 220 Å². The molecule has 3 aromatic rings. The van der Waals surface area contributed by atoms with Crippen LogP contribution < -0.4 is 20.1 Å². The summed E-state index contributed by atoms with van der Waals surface area (Å²) in [5.41, 5.74) is -0.288. The van der Waals surface area contributed by atoms with Crippen LogP contribution in [0.15, 0.2) is 41.3 Å². The molecule has 1 amide bonds. The predicted octanol–water partition coefficient (Wildman–Crippen LogP) is 1.40. The number of nitrogens with zero attached hydrogens (tertiary/aromatic N) is 5. The largest absolute Gasteiger partial charge is 0.501 e. The van der Waals surface area contributed by atoms with Crippen molar-refractivity contribution in [2.45, 2.75) is 26.4 Å². The van der Waals surface area contributed by atoms with Gasteiger partial charge in [-0.05, 0) is 37.6 Å². The number of hydrogen-bond donors (Lipinski definition) is 2. The fourth-order valence-corrected chi connectivity index (χ4v) is 4.80. The summed E-state index contributed by atoms with van der Waals surface area (Å²) < 4.78 is 40.1. The summed E-state index contributed by atoms with van der Waals surface area (Å²) in [7, 11) is -2.43. The second-order valence-corrected chi connectivity index (χ2v) is 11.6. The molecule has 1 aromatic carbocycles. The second-order valence-electron chi connectivity index (χ2n) is 9.55. The number of aromatic nitrogens is 2. The Bertz CT molecular complexity index is 1520. The van der Waals surface area contributed by atoms with Crippen LogP contribution in [0.2, 0.25) is 0 Å². The summed E-state index contributed by atoms with van der Waals surface area (Å²) in [6.45, 7) is 7.13. The molecule has 1 fully saturated rings. The molecule has 0 saturated carbocycles. The number of piperazine rings is 1. The maximum atomic E-state index is 13.2. The van der Waals surface area contributed by atoms with Gasteiger partial charge in [0.15, 0.2) is 11.3 Å². The van der Waals surface area contributed by atoms with Crippen molar-refractivity contribution >= 4 is 33.0 Å². The first-order valence-corrected chi connectivity index (χ1v) is 14.0. The van der Waals surface area contributed by atoms with Crippen LogP contribution in [0.5, 0.6) is 5.75 Å². The van der Waals surface area contributed by atoms with Crippen molar-refractivity contribution in [2.75, 3.05) is 48.7 Å². The molecule has 3 heterocycles. The number of pyridine rings is 1. The molecular formula is C25H31FN6O5S. The Balaban J connectivity index is 1.76. The molecular weight excluding hydrogens is 515 g/mol. The van der Waals surface area contributed by atoms with Crippen LogP contribution >= 0.6 is 0 Å². The van der Waals surface area contributed by atoms with Crippen LogP contribution in [0, 0.1) is 5.82 Å². The highest BCUT2D eigenvalue weighted by Gasteiger charge is 2.26. The molecule has 4 rings (SSSR count). The van der Waals surface area contributed by atoms with Gasteiger partial charge in [-0.3, -0.25) is 23.2 Å². The van der Waals surface area contributed by atoms with E-state index < -0.39 is 38.8 Å². The minimum absolute atomic E-state index is 0.00298. The number of nitrogens with one attached hydrogen (secondary N) is 1. The third kappa shape index (κ3) is 5.58. The Morgan fingerprint density at radius 2 is 1.82 bits per heavy atom. The number of carbonyl (C=O) groups excluding carboxylic acids is 1. The van der Waals surface area contributed by atoms with Crippen LogP contribution in [0.3, 0.4) is 0 Å². The first-order valence-electron chi connectivity index (χ1n) is 12.1. The van der Waals surface area contributed by atoms with Gasteiger partial charge in [0.05, 0.1) is 17.6 Å². The molecule has 0 atom stereocenters. The lowest BCUT2D eigenvalue weighted by Gasteiger charge is -2.38. The summed E-state index contributed by atoms with van der Waals surface area (Å²) in [6.07, 6.45) is 2.52. The summed E-state index contributed by atoms with van der Waals surface area (Å²) in [6, 6.07) is 7.46. The van der Waals surface area contributed by atoms with E-state index in [1.165, 1.54) is 37.5 Å². The van der Waals surface area contributed by atoms with E-state index in [1.807, 2.05) is 4.90 Å². The topological polar surface area (TPSA) is 128 Å². The van der Waals surface area contributed by atoms with E-state index in [-0.39, 0.29) is 17.9 Å². The molecule has 1 saturated heterocycles. The maximum absolute atomic E-state index is 13.2. The van der Waals surface area contributed by atoms with Crippen molar-refractivity contribution in [1.82, 2.24) is 19.6 Å². The number of aromatic hydroxyl groups is 1. The van der Waals surface area contributed by atoms with Crippen molar-refractivity contribution in [1.29, 1.82) is 0 Å². The number of carbonyl (C=O) groups is 1. The highest BCUT2D eigenvalue weighted by atomic mass is 32.2. The standard InChI is InChI=1S/C25H31FN6O5S/c1-16(2)30-9-11-31(12-10-30)19-13-20(29(3)38(4,36)37)23-28-21(22(33)25(35)32(23)15-19)24(34)27-14-17-5-7-18(26)8-6-17/h5-8,13,15-16,33H,9-12,14H2,1-4H3,(H,27,34). The fourth-order valence-electron chi connectivity index (χ4n) is 4.31. The Kier molecular flexibility index (Phi) is 7.61. The lowest BCUT2D eigenvalue weighted by molar-refractivity contribution is 0.0942. The Morgan fingerprint density at radius 1 is 1.18 bits per heavy atom. The van der Waals surface area contributed by atoms with E-state index >= 15 is 0 Å². The normalized spacial score (nSPS) is 14.7. The number of fused-ring (bicyclic) bond motifs is 1. The van der Waals surface area contributed by atoms with Crippen molar-refractivity contribution in [3.63, 3.8) is 0 Å². The van der Waals surface area contributed by atoms with Gasteiger partial charge in [0.1, 0.15) is 5.82 Å². The lowest BCUT2D eigenvalue weighted by atomic mass is 10.2. The molecule has 0 aliphatic carbocycles. The van der Waals surface area contributed by atoms with Crippen LogP contribution in [-0.2, 0) is 16.6 Å². The van der Waals surface area contributed by atoms with Crippen molar-refractivity contribution in [3.8, 4) is 5.75 Å². The average Bonchev–Trinajstić information content (AvgIpc) is 2.88. The number of amides is 1. The first kappa shape index (κ1) is 27.3. The minimum Gasteiger partial charge on any atom is -0.501 e. The van der Waals surface area contributed by atoms with Gasteiger partial charge < -0.3 is 15.3 Å². The van der Waals surface area contributed by atoms with E-state index in [2.05, 4.69) is 29.0 Å². The van der Waals surface area contributed by atoms with Gasteiger partial charge in [0, 0.05) is 52.0 Å². The van der Waals surface area contributed by atoms with Gasteiger partial charge in [-0.15, -0.1) is 0 Å². The molecule has 0 bridgehead atoms. The summed E-state index contributed by atoms with van der Waals surface area (Å²) in [5, 5.41) is 13.2. The highest BCUT2D eigenvalue weighted by molar-refractivity contribution is 7.92. The number of rotatable bonds is 7. The van der Waals surface area contributed by atoms with Crippen LogP contribution in [0.25, 0.3) is 5.65 Å². The molecule has 2 aromatic heterocycles. The summed E-state index contributed by atoms with van der Waals surface area (Å²) in [5.74, 6) is -2.13.